The standard InChI is InChI=1S/C21H21FN6O5/c22-14-2-1-13(15(9-14)28-12-23-11-25-28)10-24-18(30)16-17(29)19(31)27-5-8-33-21(20(27)26-16)3-6-32-7-4-21/h1-2,9,11-12,29H,3-8,10H2,(H,24,30). The molecule has 3 aromatic rings. The van der Waals surface area contributed by atoms with Gasteiger partial charge in [-0.25, -0.2) is 19.0 Å². The van der Waals surface area contributed by atoms with Gasteiger partial charge >= 0.3 is 0 Å². The van der Waals surface area contributed by atoms with Crippen molar-refractivity contribution in [2.45, 2.75) is 31.5 Å². The minimum atomic E-state index is -0.838. The molecule has 5 rings (SSSR count). The van der Waals surface area contributed by atoms with E-state index >= 15 is 0 Å². The van der Waals surface area contributed by atoms with E-state index in [0.717, 1.165) is 0 Å². The summed E-state index contributed by atoms with van der Waals surface area (Å²) >= 11 is 0. The number of aromatic nitrogens is 5. The first-order valence-corrected chi connectivity index (χ1v) is 10.5. The molecule has 0 bridgehead atoms. The molecule has 0 aliphatic carbocycles. The highest BCUT2D eigenvalue weighted by Gasteiger charge is 2.43. The van der Waals surface area contributed by atoms with Crippen molar-refractivity contribution in [2.24, 2.45) is 0 Å². The van der Waals surface area contributed by atoms with Gasteiger partial charge in [0.1, 0.15) is 29.9 Å². The van der Waals surface area contributed by atoms with Crippen LogP contribution in [0, 0.1) is 5.82 Å². The molecule has 1 amide bonds. The number of hydrogen-bond acceptors (Lipinski definition) is 8. The summed E-state index contributed by atoms with van der Waals surface area (Å²) in [5, 5.41) is 17.1. The van der Waals surface area contributed by atoms with Gasteiger partial charge in [-0.15, -0.1) is 0 Å². The minimum Gasteiger partial charge on any atom is -0.501 e. The van der Waals surface area contributed by atoms with Gasteiger partial charge in [-0.1, -0.05) is 6.07 Å². The molecule has 0 radical (unpaired) electrons. The summed E-state index contributed by atoms with van der Waals surface area (Å²) in [7, 11) is 0. The molecule has 0 atom stereocenters. The zero-order valence-corrected chi connectivity index (χ0v) is 17.5. The fourth-order valence-electron chi connectivity index (χ4n) is 4.22. The van der Waals surface area contributed by atoms with Crippen molar-refractivity contribution in [1.82, 2.24) is 29.6 Å². The van der Waals surface area contributed by atoms with E-state index in [0.29, 0.717) is 49.7 Å². The summed E-state index contributed by atoms with van der Waals surface area (Å²) in [6, 6.07) is 4.03. The van der Waals surface area contributed by atoms with Crippen LogP contribution in [0.1, 0.15) is 34.7 Å². The topological polar surface area (TPSA) is 133 Å². The maximum absolute atomic E-state index is 13.8. The van der Waals surface area contributed by atoms with Crippen molar-refractivity contribution < 1.29 is 23.8 Å². The molecule has 33 heavy (non-hydrogen) atoms. The normalized spacial score (nSPS) is 17.0. The van der Waals surface area contributed by atoms with Gasteiger partial charge in [-0.05, 0) is 17.7 Å². The molecule has 1 spiro atoms. The van der Waals surface area contributed by atoms with E-state index in [2.05, 4.69) is 20.4 Å². The maximum Gasteiger partial charge on any atom is 0.296 e. The fraction of sp³-hybridized carbons (Fsp3) is 0.381. The van der Waals surface area contributed by atoms with E-state index in [4.69, 9.17) is 9.47 Å². The van der Waals surface area contributed by atoms with Gasteiger partial charge in [-0.3, -0.25) is 14.2 Å². The van der Waals surface area contributed by atoms with Gasteiger partial charge in [0.15, 0.2) is 5.69 Å². The van der Waals surface area contributed by atoms with Crippen LogP contribution in [-0.2, 0) is 28.2 Å². The molecule has 1 saturated heterocycles. The van der Waals surface area contributed by atoms with E-state index in [1.54, 1.807) is 0 Å². The van der Waals surface area contributed by atoms with Gasteiger partial charge in [0.2, 0.25) is 5.75 Å². The number of aromatic hydroxyl groups is 1. The minimum absolute atomic E-state index is 0.0245. The lowest BCUT2D eigenvalue weighted by Gasteiger charge is -2.40. The highest BCUT2D eigenvalue weighted by molar-refractivity contribution is 5.94. The number of carbonyl (C=O) groups is 1. The zero-order valence-electron chi connectivity index (χ0n) is 17.5. The Kier molecular flexibility index (Phi) is 5.38. The Labute approximate surface area is 186 Å². The second kappa shape index (κ2) is 8.37. The molecule has 172 valence electrons. The van der Waals surface area contributed by atoms with Gasteiger partial charge in [-0.2, -0.15) is 5.10 Å². The summed E-state index contributed by atoms with van der Waals surface area (Å²) in [6.07, 6.45) is 3.69. The number of nitrogens with zero attached hydrogens (tertiary/aromatic N) is 5. The van der Waals surface area contributed by atoms with Crippen LogP contribution in [0.5, 0.6) is 5.75 Å². The van der Waals surface area contributed by atoms with Crippen LogP contribution in [0.4, 0.5) is 4.39 Å². The zero-order chi connectivity index (χ0) is 23.0. The first-order valence-electron chi connectivity index (χ1n) is 10.5. The van der Waals surface area contributed by atoms with E-state index in [1.807, 2.05) is 0 Å². The van der Waals surface area contributed by atoms with Crippen LogP contribution >= 0.6 is 0 Å². The summed E-state index contributed by atoms with van der Waals surface area (Å²) in [5.41, 5.74) is -0.967. The summed E-state index contributed by atoms with van der Waals surface area (Å²) in [6.45, 7) is 1.39. The van der Waals surface area contributed by atoms with Crippen LogP contribution in [0.2, 0.25) is 0 Å². The highest BCUT2D eigenvalue weighted by Crippen LogP contribution is 2.37. The predicted molar refractivity (Wildman–Crippen MR) is 110 cm³/mol. The van der Waals surface area contributed by atoms with Crippen molar-refractivity contribution >= 4 is 5.91 Å². The van der Waals surface area contributed by atoms with Crippen LogP contribution < -0.4 is 10.9 Å². The second-order valence-corrected chi connectivity index (χ2v) is 7.84. The van der Waals surface area contributed by atoms with E-state index in [1.165, 1.54) is 40.1 Å². The van der Waals surface area contributed by atoms with E-state index in [9.17, 15) is 19.1 Å². The van der Waals surface area contributed by atoms with E-state index in [-0.39, 0.29) is 18.8 Å². The summed E-state index contributed by atoms with van der Waals surface area (Å²) in [5.74, 6) is -1.62. The van der Waals surface area contributed by atoms with Crippen LogP contribution in [0.15, 0.2) is 35.6 Å². The number of benzene rings is 1. The number of amides is 1. The molecule has 0 saturated carbocycles. The van der Waals surface area contributed by atoms with Crippen molar-refractivity contribution in [3.63, 3.8) is 0 Å². The quantitative estimate of drug-likeness (QED) is 0.584. The van der Waals surface area contributed by atoms with Gasteiger partial charge < -0.3 is 19.9 Å². The lowest BCUT2D eigenvalue weighted by molar-refractivity contribution is -0.139. The number of halogens is 1. The molecular formula is C21H21FN6O5. The molecule has 2 aliphatic rings. The molecule has 2 aliphatic heterocycles. The third-order valence-corrected chi connectivity index (χ3v) is 5.91. The fourth-order valence-corrected chi connectivity index (χ4v) is 4.22. The van der Waals surface area contributed by atoms with Gasteiger partial charge in [0, 0.05) is 32.6 Å². The van der Waals surface area contributed by atoms with Crippen molar-refractivity contribution in [3.8, 4) is 11.4 Å². The number of carbonyl (C=O) groups excluding carboxylic acids is 1. The largest absolute Gasteiger partial charge is 0.501 e. The van der Waals surface area contributed by atoms with Crippen LogP contribution in [0.3, 0.4) is 0 Å². The molecular weight excluding hydrogens is 435 g/mol. The van der Waals surface area contributed by atoms with Crippen LogP contribution in [0.25, 0.3) is 5.69 Å². The Morgan fingerprint density at radius 1 is 1.27 bits per heavy atom. The molecule has 2 N–H and O–H groups in total. The number of fused-ring (bicyclic) bond motifs is 2. The molecule has 1 aromatic carbocycles. The highest BCUT2D eigenvalue weighted by atomic mass is 19.1. The first kappa shape index (κ1) is 21.2. The average Bonchev–Trinajstić information content (AvgIpc) is 3.36. The Morgan fingerprint density at radius 3 is 2.85 bits per heavy atom. The maximum atomic E-state index is 13.8. The Bertz CT molecular complexity index is 1250. The lowest BCUT2D eigenvalue weighted by Crippen LogP contribution is -2.48. The summed E-state index contributed by atoms with van der Waals surface area (Å²) < 4.78 is 27.9. The third-order valence-electron chi connectivity index (χ3n) is 5.91. The monoisotopic (exact) mass is 456 g/mol. The molecule has 12 heteroatoms. The van der Waals surface area contributed by atoms with Crippen LogP contribution in [-0.4, -0.2) is 55.1 Å². The van der Waals surface area contributed by atoms with Gasteiger partial charge in [0.25, 0.3) is 11.5 Å². The second-order valence-electron chi connectivity index (χ2n) is 7.84. The van der Waals surface area contributed by atoms with E-state index < -0.39 is 28.6 Å². The first-order chi connectivity index (χ1) is 16.0. The van der Waals surface area contributed by atoms with Gasteiger partial charge in [0.05, 0.1) is 18.8 Å². The Hall–Kier alpha value is -3.64. The number of hydrogen-bond donors (Lipinski definition) is 2. The number of rotatable bonds is 4. The molecule has 0 unspecified atom stereocenters. The number of ether oxygens (including phenoxy) is 2. The average molecular weight is 456 g/mol. The SMILES string of the molecule is O=C(NCc1ccc(F)cc1-n1cncn1)c1nc2n(c(=O)c1O)CCOC21CCOCC1. The third kappa shape index (κ3) is 3.76. The summed E-state index contributed by atoms with van der Waals surface area (Å²) in [4.78, 5) is 34.0. The molecule has 2 aromatic heterocycles. The Morgan fingerprint density at radius 2 is 2.09 bits per heavy atom. The molecule has 1 fully saturated rings. The molecule has 11 nitrogen and oxygen atoms in total. The Balaban J connectivity index is 1.45. The number of nitrogens with one attached hydrogen (secondary N) is 1. The van der Waals surface area contributed by atoms with Crippen molar-refractivity contribution in [2.75, 3.05) is 19.8 Å². The van der Waals surface area contributed by atoms with Crippen molar-refractivity contribution in [3.05, 3.63) is 64.1 Å². The smallest absolute Gasteiger partial charge is 0.296 e. The predicted octanol–water partition coefficient (Wildman–Crippen LogP) is 0.635. The molecule has 4 heterocycles. The van der Waals surface area contributed by atoms with Crippen molar-refractivity contribution in [1.29, 1.82) is 0 Å². The lowest BCUT2D eigenvalue weighted by atomic mass is 9.91.